The molecule has 1 heterocycles. The van der Waals surface area contributed by atoms with Gasteiger partial charge in [0.15, 0.2) is 5.16 Å². The number of nitrogens with one attached hydrogen (secondary N) is 1. The van der Waals surface area contributed by atoms with Crippen molar-refractivity contribution in [2.75, 3.05) is 12.4 Å². The lowest BCUT2D eigenvalue weighted by Gasteiger charge is -2.17. The van der Waals surface area contributed by atoms with Gasteiger partial charge in [-0.05, 0) is 62.4 Å². The number of anilines is 1. The number of aryl methyl sites for hydroxylation is 1. The maximum atomic E-state index is 13.3. The first-order valence-electron chi connectivity index (χ1n) is 10.2. The molecule has 0 aliphatic rings. The minimum Gasteiger partial charge on any atom is -0.497 e. The molecule has 0 saturated carbocycles. The molecule has 1 atom stereocenters. The van der Waals surface area contributed by atoms with E-state index in [0.29, 0.717) is 33.2 Å². The molecule has 0 saturated heterocycles. The Morgan fingerprint density at radius 2 is 1.72 bits per heavy atom. The van der Waals surface area contributed by atoms with E-state index < -0.39 is 5.25 Å². The van der Waals surface area contributed by atoms with Gasteiger partial charge < -0.3 is 10.1 Å². The summed E-state index contributed by atoms with van der Waals surface area (Å²) in [6, 6.07) is 22.1. The number of hydrogen-bond acceptors (Lipinski definition) is 5. The SMILES string of the molecule is COc1ccc(NC(=O)C(C)Sc2nc3ccccc3c(=O)n2-c2ccc(C)cc2)cc1. The standard InChI is InChI=1S/C25H23N3O3S/c1-16-8-12-19(13-9-16)28-24(30)21-6-4-5-7-22(21)27-25(28)32-17(2)23(29)26-18-10-14-20(31-3)15-11-18/h4-15,17H,1-3H3,(H,26,29). The summed E-state index contributed by atoms with van der Waals surface area (Å²) in [5.41, 5.74) is 2.92. The first-order chi connectivity index (χ1) is 15.5. The number of hydrogen-bond donors (Lipinski definition) is 1. The van der Waals surface area contributed by atoms with Crippen molar-refractivity contribution < 1.29 is 9.53 Å². The number of benzene rings is 3. The highest BCUT2D eigenvalue weighted by molar-refractivity contribution is 8.00. The monoisotopic (exact) mass is 445 g/mol. The maximum absolute atomic E-state index is 13.3. The lowest BCUT2D eigenvalue weighted by Crippen LogP contribution is -2.26. The van der Waals surface area contributed by atoms with Crippen molar-refractivity contribution in [3.63, 3.8) is 0 Å². The molecule has 0 spiro atoms. The second kappa shape index (κ2) is 9.28. The van der Waals surface area contributed by atoms with Crippen molar-refractivity contribution in [2.24, 2.45) is 0 Å². The third-order valence-electron chi connectivity index (χ3n) is 5.05. The summed E-state index contributed by atoms with van der Waals surface area (Å²) < 4.78 is 6.73. The number of nitrogens with zero attached hydrogens (tertiary/aromatic N) is 2. The lowest BCUT2D eigenvalue weighted by atomic mass is 10.2. The molecule has 3 aromatic carbocycles. The summed E-state index contributed by atoms with van der Waals surface area (Å²) in [6.07, 6.45) is 0. The Hall–Kier alpha value is -3.58. The molecule has 7 heteroatoms. The normalized spacial score (nSPS) is 11.8. The topological polar surface area (TPSA) is 73.2 Å². The van der Waals surface area contributed by atoms with E-state index in [1.54, 1.807) is 48.9 Å². The number of methoxy groups -OCH3 is 1. The molecular formula is C25H23N3O3S. The summed E-state index contributed by atoms with van der Waals surface area (Å²) in [4.78, 5) is 30.9. The van der Waals surface area contributed by atoms with E-state index in [0.717, 1.165) is 5.56 Å². The van der Waals surface area contributed by atoms with Gasteiger partial charge in [-0.15, -0.1) is 0 Å². The molecule has 6 nitrogen and oxygen atoms in total. The minimum absolute atomic E-state index is 0.162. The van der Waals surface area contributed by atoms with E-state index >= 15 is 0 Å². The zero-order valence-corrected chi connectivity index (χ0v) is 18.8. The Kier molecular flexibility index (Phi) is 6.28. The second-order valence-corrected chi connectivity index (χ2v) is 8.67. The van der Waals surface area contributed by atoms with E-state index in [-0.39, 0.29) is 11.5 Å². The number of aromatic nitrogens is 2. The highest BCUT2D eigenvalue weighted by Crippen LogP contribution is 2.26. The molecule has 1 unspecified atom stereocenters. The van der Waals surface area contributed by atoms with E-state index in [2.05, 4.69) is 5.32 Å². The fourth-order valence-corrected chi connectivity index (χ4v) is 4.17. The highest BCUT2D eigenvalue weighted by atomic mass is 32.2. The van der Waals surface area contributed by atoms with Crippen molar-refractivity contribution in [1.29, 1.82) is 0 Å². The Labute approximate surface area is 190 Å². The molecule has 0 aliphatic carbocycles. The van der Waals surface area contributed by atoms with Crippen LogP contribution in [-0.2, 0) is 4.79 Å². The average Bonchev–Trinajstić information content (AvgIpc) is 2.80. The van der Waals surface area contributed by atoms with Crippen LogP contribution < -0.4 is 15.6 Å². The molecule has 0 fully saturated rings. The number of para-hydroxylation sites is 1. The number of fused-ring (bicyclic) bond motifs is 1. The summed E-state index contributed by atoms with van der Waals surface area (Å²) in [5.74, 6) is 0.533. The summed E-state index contributed by atoms with van der Waals surface area (Å²) in [5, 5.41) is 3.42. The van der Waals surface area contributed by atoms with Gasteiger partial charge in [0.05, 0.1) is 29.0 Å². The van der Waals surface area contributed by atoms with Crippen molar-refractivity contribution in [3.8, 4) is 11.4 Å². The fourth-order valence-electron chi connectivity index (χ4n) is 3.24. The van der Waals surface area contributed by atoms with Gasteiger partial charge in [0.1, 0.15) is 5.75 Å². The van der Waals surface area contributed by atoms with Crippen molar-refractivity contribution >= 4 is 34.3 Å². The zero-order chi connectivity index (χ0) is 22.7. The number of amides is 1. The predicted octanol–water partition coefficient (Wildman–Crippen LogP) is 4.82. The molecule has 32 heavy (non-hydrogen) atoms. The molecule has 4 rings (SSSR count). The van der Waals surface area contributed by atoms with Crippen molar-refractivity contribution in [3.05, 3.63) is 88.7 Å². The molecule has 0 bridgehead atoms. The zero-order valence-electron chi connectivity index (χ0n) is 18.0. The van der Waals surface area contributed by atoms with Gasteiger partial charge in [0, 0.05) is 5.69 Å². The number of carbonyl (C=O) groups is 1. The molecule has 0 radical (unpaired) electrons. The van der Waals surface area contributed by atoms with Crippen LogP contribution in [0.15, 0.2) is 82.7 Å². The lowest BCUT2D eigenvalue weighted by molar-refractivity contribution is -0.115. The van der Waals surface area contributed by atoms with Crippen LogP contribution in [0.4, 0.5) is 5.69 Å². The third kappa shape index (κ3) is 4.53. The molecular weight excluding hydrogens is 422 g/mol. The van der Waals surface area contributed by atoms with Crippen molar-refractivity contribution in [2.45, 2.75) is 24.3 Å². The van der Waals surface area contributed by atoms with Gasteiger partial charge in [-0.2, -0.15) is 0 Å². The van der Waals surface area contributed by atoms with E-state index in [9.17, 15) is 9.59 Å². The van der Waals surface area contributed by atoms with Crippen LogP contribution >= 0.6 is 11.8 Å². The highest BCUT2D eigenvalue weighted by Gasteiger charge is 2.20. The molecule has 1 N–H and O–H groups in total. The van der Waals surface area contributed by atoms with Crippen LogP contribution in [0.5, 0.6) is 5.75 Å². The smallest absolute Gasteiger partial charge is 0.266 e. The van der Waals surface area contributed by atoms with Gasteiger partial charge >= 0.3 is 0 Å². The molecule has 1 aromatic heterocycles. The first kappa shape index (κ1) is 21.6. The van der Waals surface area contributed by atoms with Gasteiger partial charge in [-0.1, -0.05) is 41.6 Å². The van der Waals surface area contributed by atoms with Crippen LogP contribution in [0.1, 0.15) is 12.5 Å². The van der Waals surface area contributed by atoms with E-state index in [4.69, 9.17) is 9.72 Å². The summed E-state index contributed by atoms with van der Waals surface area (Å²) in [7, 11) is 1.59. The van der Waals surface area contributed by atoms with Gasteiger partial charge in [-0.25, -0.2) is 4.98 Å². The van der Waals surface area contributed by atoms with Crippen LogP contribution in [0, 0.1) is 6.92 Å². The minimum atomic E-state index is -0.484. The number of thioether (sulfide) groups is 1. The third-order valence-corrected chi connectivity index (χ3v) is 6.10. The number of rotatable bonds is 6. The van der Waals surface area contributed by atoms with Crippen LogP contribution in [0.2, 0.25) is 0 Å². The molecule has 4 aromatic rings. The Morgan fingerprint density at radius 3 is 2.41 bits per heavy atom. The second-order valence-electron chi connectivity index (χ2n) is 7.37. The Morgan fingerprint density at radius 1 is 1.03 bits per heavy atom. The molecule has 1 amide bonds. The average molecular weight is 446 g/mol. The predicted molar refractivity (Wildman–Crippen MR) is 129 cm³/mol. The quantitative estimate of drug-likeness (QED) is 0.340. The Balaban J connectivity index is 1.67. The Bertz CT molecular complexity index is 1320. The molecule has 0 aliphatic heterocycles. The number of ether oxygens (including phenoxy) is 1. The van der Waals surface area contributed by atoms with Crippen LogP contribution in [0.3, 0.4) is 0 Å². The van der Waals surface area contributed by atoms with Crippen molar-refractivity contribution in [1.82, 2.24) is 9.55 Å². The van der Waals surface area contributed by atoms with Gasteiger partial charge in [-0.3, -0.25) is 14.2 Å². The number of carbonyl (C=O) groups excluding carboxylic acids is 1. The fraction of sp³-hybridized carbons (Fsp3) is 0.160. The largest absolute Gasteiger partial charge is 0.497 e. The van der Waals surface area contributed by atoms with Gasteiger partial charge in [0.2, 0.25) is 5.91 Å². The summed E-state index contributed by atoms with van der Waals surface area (Å²) in [6.45, 7) is 3.79. The van der Waals surface area contributed by atoms with Crippen LogP contribution in [-0.4, -0.2) is 27.8 Å². The van der Waals surface area contributed by atoms with Gasteiger partial charge in [0.25, 0.3) is 5.56 Å². The van der Waals surface area contributed by atoms with E-state index in [1.807, 2.05) is 49.4 Å². The molecule has 162 valence electrons. The first-order valence-corrected chi connectivity index (χ1v) is 11.0. The van der Waals surface area contributed by atoms with E-state index in [1.165, 1.54) is 11.8 Å². The van der Waals surface area contributed by atoms with Crippen LogP contribution in [0.25, 0.3) is 16.6 Å². The summed E-state index contributed by atoms with van der Waals surface area (Å²) >= 11 is 1.25. The maximum Gasteiger partial charge on any atom is 0.266 e.